The molecule has 0 aromatic heterocycles. The minimum absolute atomic E-state index is 0.108. The van der Waals surface area contributed by atoms with Crippen molar-refractivity contribution in [2.24, 2.45) is 0 Å². The third kappa shape index (κ3) is 5.00. The standard InChI is InChI=1S/C21H25N3O2/c1-4-24(5-2)18-11-12-19(16(3)15-18)23-21(25)26-20(13-14-22)17-9-7-6-8-10-17/h6-12,15,20H,4-5,13H2,1-3H3,(H,23,25). The summed E-state index contributed by atoms with van der Waals surface area (Å²) in [6.45, 7) is 8.03. The van der Waals surface area contributed by atoms with Crippen molar-refractivity contribution >= 4 is 17.5 Å². The van der Waals surface area contributed by atoms with E-state index in [-0.39, 0.29) is 6.42 Å². The normalized spacial score (nSPS) is 11.3. The Hall–Kier alpha value is -3.00. The number of aryl methyl sites for hydroxylation is 1. The summed E-state index contributed by atoms with van der Waals surface area (Å²) in [5, 5.41) is 11.8. The van der Waals surface area contributed by atoms with E-state index in [1.165, 1.54) is 0 Å². The minimum atomic E-state index is -0.587. The van der Waals surface area contributed by atoms with E-state index < -0.39 is 12.2 Å². The molecule has 1 N–H and O–H groups in total. The summed E-state index contributed by atoms with van der Waals surface area (Å²) >= 11 is 0. The highest BCUT2D eigenvalue weighted by Crippen LogP contribution is 2.25. The van der Waals surface area contributed by atoms with E-state index >= 15 is 0 Å². The molecule has 0 heterocycles. The second-order valence-corrected chi connectivity index (χ2v) is 5.96. The highest BCUT2D eigenvalue weighted by atomic mass is 16.6. The average Bonchev–Trinajstić information content (AvgIpc) is 2.65. The lowest BCUT2D eigenvalue weighted by atomic mass is 10.1. The van der Waals surface area contributed by atoms with Crippen molar-refractivity contribution in [2.75, 3.05) is 23.3 Å². The van der Waals surface area contributed by atoms with E-state index in [1.54, 1.807) is 0 Å². The van der Waals surface area contributed by atoms with Gasteiger partial charge >= 0.3 is 6.09 Å². The number of hydrogen-bond acceptors (Lipinski definition) is 4. The van der Waals surface area contributed by atoms with Crippen LogP contribution in [0.15, 0.2) is 48.5 Å². The largest absolute Gasteiger partial charge is 0.440 e. The van der Waals surface area contributed by atoms with Gasteiger partial charge in [0, 0.05) is 24.5 Å². The van der Waals surface area contributed by atoms with Crippen molar-refractivity contribution in [3.63, 3.8) is 0 Å². The zero-order chi connectivity index (χ0) is 18.9. The fraction of sp³-hybridized carbons (Fsp3) is 0.333. The lowest BCUT2D eigenvalue weighted by molar-refractivity contribution is 0.113. The summed E-state index contributed by atoms with van der Waals surface area (Å²) in [6.07, 6.45) is -1.04. The van der Waals surface area contributed by atoms with Crippen LogP contribution < -0.4 is 10.2 Å². The van der Waals surface area contributed by atoms with Gasteiger partial charge in [0.1, 0.15) is 6.10 Å². The van der Waals surface area contributed by atoms with Crippen LogP contribution in [0, 0.1) is 18.3 Å². The predicted octanol–water partition coefficient (Wildman–Crippen LogP) is 5.04. The van der Waals surface area contributed by atoms with Gasteiger partial charge in [-0.2, -0.15) is 5.26 Å². The Labute approximate surface area is 155 Å². The first-order valence-corrected chi connectivity index (χ1v) is 8.84. The summed E-state index contributed by atoms with van der Waals surface area (Å²) in [5.41, 5.74) is 3.59. The van der Waals surface area contributed by atoms with Crippen LogP contribution in [0.1, 0.15) is 37.5 Å². The van der Waals surface area contributed by atoms with Gasteiger partial charge in [-0.05, 0) is 50.1 Å². The Morgan fingerprint density at radius 1 is 1.19 bits per heavy atom. The van der Waals surface area contributed by atoms with Crippen LogP contribution in [0.3, 0.4) is 0 Å². The zero-order valence-corrected chi connectivity index (χ0v) is 15.5. The fourth-order valence-electron chi connectivity index (χ4n) is 2.82. The second kappa shape index (κ2) is 9.47. The minimum Gasteiger partial charge on any atom is -0.440 e. The first kappa shape index (κ1) is 19.3. The molecule has 136 valence electrons. The molecule has 2 rings (SSSR count). The number of carbonyl (C=O) groups excluding carboxylic acids is 1. The Kier molecular flexibility index (Phi) is 7.04. The van der Waals surface area contributed by atoms with Crippen LogP contribution in [-0.4, -0.2) is 19.2 Å². The quantitative estimate of drug-likeness (QED) is 0.758. The molecule has 0 aliphatic carbocycles. The van der Waals surface area contributed by atoms with Gasteiger partial charge in [0.05, 0.1) is 12.5 Å². The van der Waals surface area contributed by atoms with Crippen LogP contribution in [0.4, 0.5) is 16.2 Å². The maximum atomic E-state index is 12.3. The van der Waals surface area contributed by atoms with Crippen molar-refractivity contribution in [2.45, 2.75) is 33.3 Å². The van der Waals surface area contributed by atoms with Gasteiger partial charge in [-0.25, -0.2) is 4.79 Å². The molecule has 0 aliphatic rings. The first-order valence-electron chi connectivity index (χ1n) is 8.84. The molecule has 0 saturated carbocycles. The first-order chi connectivity index (χ1) is 12.6. The zero-order valence-electron chi connectivity index (χ0n) is 15.5. The number of hydrogen-bond donors (Lipinski definition) is 1. The number of amides is 1. The van der Waals surface area contributed by atoms with Crippen LogP contribution in [0.5, 0.6) is 0 Å². The Balaban J connectivity index is 2.08. The fourth-order valence-corrected chi connectivity index (χ4v) is 2.82. The molecular weight excluding hydrogens is 326 g/mol. The van der Waals surface area contributed by atoms with Gasteiger partial charge in [0.15, 0.2) is 0 Å². The van der Waals surface area contributed by atoms with E-state index in [4.69, 9.17) is 10.00 Å². The number of nitrogens with zero attached hydrogens (tertiary/aromatic N) is 2. The molecule has 0 spiro atoms. The topological polar surface area (TPSA) is 65.4 Å². The number of anilines is 2. The van der Waals surface area contributed by atoms with E-state index in [9.17, 15) is 4.79 Å². The smallest absolute Gasteiger partial charge is 0.412 e. The molecule has 2 aromatic carbocycles. The number of carbonyl (C=O) groups is 1. The molecule has 0 radical (unpaired) electrons. The van der Waals surface area contributed by atoms with Crippen molar-refractivity contribution in [1.82, 2.24) is 0 Å². The van der Waals surface area contributed by atoms with Crippen LogP contribution in [0.25, 0.3) is 0 Å². The summed E-state index contributed by atoms with van der Waals surface area (Å²) in [5.74, 6) is 0. The third-order valence-corrected chi connectivity index (χ3v) is 4.27. The molecule has 1 unspecified atom stereocenters. The van der Waals surface area contributed by atoms with Crippen molar-refractivity contribution in [1.29, 1.82) is 5.26 Å². The number of rotatable bonds is 7. The summed E-state index contributed by atoms with van der Waals surface area (Å²) < 4.78 is 5.47. The molecule has 0 aliphatic heterocycles. The summed E-state index contributed by atoms with van der Waals surface area (Å²) in [6, 6.07) is 17.3. The molecular formula is C21H25N3O2. The number of ether oxygens (including phenoxy) is 1. The predicted molar refractivity (Wildman–Crippen MR) is 104 cm³/mol. The van der Waals surface area contributed by atoms with Gasteiger partial charge in [-0.3, -0.25) is 5.32 Å². The van der Waals surface area contributed by atoms with E-state index in [0.29, 0.717) is 5.69 Å². The number of nitrogens with one attached hydrogen (secondary N) is 1. The van der Waals surface area contributed by atoms with Gasteiger partial charge in [0.25, 0.3) is 0 Å². The molecule has 26 heavy (non-hydrogen) atoms. The SMILES string of the molecule is CCN(CC)c1ccc(NC(=O)OC(CC#N)c2ccccc2)c(C)c1. The molecule has 0 saturated heterocycles. The molecule has 2 aromatic rings. The van der Waals surface area contributed by atoms with E-state index in [1.807, 2.05) is 55.5 Å². The Morgan fingerprint density at radius 2 is 1.88 bits per heavy atom. The molecule has 1 atom stereocenters. The van der Waals surface area contributed by atoms with Crippen LogP contribution in [-0.2, 0) is 4.74 Å². The second-order valence-electron chi connectivity index (χ2n) is 5.96. The van der Waals surface area contributed by atoms with Gasteiger partial charge in [-0.15, -0.1) is 0 Å². The monoisotopic (exact) mass is 351 g/mol. The van der Waals surface area contributed by atoms with E-state index in [0.717, 1.165) is 29.9 Å². The van der Waals surface area contributed by atoms with Crippen LogP contribution >= 0.6 is 0 Å². The number of nitriles is 1. The summed E-state index contributed by atoms with van der Waals surface area (Å²) in [7, 11) is 0. The van der Waals surface area contributed by atoms with Gasteiger partial charge in [0.2, 0.25) is 0 Å². The third-order valence-electron chi connectivity index (χ3n) is 4.27. The average molecular weight is 351 g/mol. The Bertz CT molecular complexity index is 765. The lowest BCUT2D eigenvalue weighted by Gasteiger charge is -2.22. The van der Waals surface area contributed by atoms with E-state index in [2.05, 4.69) is 30.1 Å². The van der Waals surface area contributed by atoms with Gasteiger partial charge < -0.3 is 9.64 Å². The molecule has 0 fully saturated rings. The molecule has 1 amide bonds. The highest BCUT2D eigenvalue weighted by Gasteiger charge is 2.17. The van der Waals surface area contributed by atoms with Crippen molar-refractivity contribution in [3.05, 3.63) is 59.7 Å². The Morgan fingerprint density at radius 3 is 2.46 bits per heavy atom. The van der Waals surface area contributed by atoms with Crippen molar-refractivity contribution < 1.29 is 9.53 Å². The van der Waals surface area contributed by atoms with Gasteiger partial charge in [-0.1, -0.05) is 30.3 Å². The maximum Gasteiger partial charge on any atom is 0.412 e. The maximum absolute atomic E-state index is 12.3. The highest BCUT2D eigenvalue weighted by molar-refractivity contribution is 5.86. The molecule has 0 bridgehead atoms. The number of benzene rings is 2. The molecule has 5 nitrogen and oxygen atoms in total. The lowest BCUT2D eigenvalue weighted by Crippen LogP contribution is -2.22. The van der Waals surface area contributed by atoms with Crippen molar-refractivity contribution in [3.8, 4) is 6.07 Å². The summed E-state index contributed by atoms with van der Waals surface area (Å²) in [4.78, 5) is 14.5. The molecule has 5 heteroatoms. The van der Waals surface area contributed by atoms with Crippen LogP contribution in [0.2, 0.25) is 0 Å².